The second-order valence-corrected chi connectivity index (χ2v) is 6.65. The molecular formula is C19H25N3O3. The Kier molecular flexibility index (Phi) is 5.83. The van der Waals surface area contributed by atoms with E-state index in [4.69, 9.17) is 4.52 Å². The van der Waals surface area contributed by atoms with E-state index < -0.39 is 0 Å². The lowest BCUT2D eigenvalue weighted by Gasteiger charge is -2.28. The van der Waals surface area contributed by atoms with Crippen LogP contribution >= 0.6 is 0 Å². The summed E-state index contributed by atoms with van der Waals surface area (Å²) in [4.78, 5) is 16.4. The summed E-state index contributed by atoms with van der Waals surface area (Å²) >= 11 is 0. The maximum absolute atomic E-state index is 12.5. The number of aliphatic hydroxyl groups is 1. The Morgan fingerprint density at radius 3 is 2.76 bits per heavy atom. The molecule has 3 rings (SSSR count). The molecule has 6 nitrogen and oxygen atoms in total. The van der Waals surface area contributed by atoms with Crippen LogP contribution in [0.15, 0.2) is 40.9 Å². The summed E-state index contributed by atoms with van der Waals surface area (Å²) in [5.74, 6) is 0.566. The molecule has 1 aromatic carbocycles. The van der Waals surface area contributed by atoms with E-state index in [2.05, 4.69) is 22.2 Å². The number of piperidine rings is 1. The number of hydrogen-bond acceptors (Lipinski definition) is 5. The van der Waals surface area contributed by atoms with E-state index in [-0.39, 0.29) is 12.0 Å². The van der Waals surface area contributed by atoms with Crippen molar-refractivity contribution in [2.45, 2.75) is 31.9 Å². The molecule has 1 aliphatic heterocycles. The van der Waals surface area contributed by atoms with E-state index in [0.717, 1.165) is 32.4 Å². The molecular weight excluding hydrogens is 318 g/mol. The SMILES string of the molecule is CN(CCc1ccccc1)C(=O)c1cc(CN2CCC(O)CC2)on1. The fraction of sp³-hybridized carbons (Fsp3) is 0.474. The van der Waals surface area contributed by atoms with Crippen molar-refractivity contribution in [1.29, 1.82) is 0 Å². The standard InChI is InChI=1S/C19H25N3O3/c1-21(10-7-15-5-3-2-4-6-15)19(24)18-13-17(25-20-18)14-22-11-8-16(23)9-12-22/h2-6,13,16,23H,7-12,14H2,1H3. The molecule has 0 saturated carbocycles. The van der Waals surface area contributed by atoms with Crippen LogP contribution in [0, 0.1) is 0 Å². The fourth-order valence-electron chi connectivity index (χ4n) is 3.02. The number of rotatable bonds is 6. The van der Waals surface area contributed by atoms with Gasteiger partial charge in [0.2, 0.25) is 0 Å². The van der Waals surface area contributed by atoms with Gasteiger partial charge in [0.1, 0.15) is 0 Å². The number of benzene rings is 1. The minimum Gasteiger partial charge on any atom is -0.393 e. The molecule has 134 valence electrons. The topological polar surface area (TPSA) is 69.8 Å². The highest BCUT2D eigenvalue weighted by molar-refractivity contribution is 5.92. The summed E-state index contributed by atoms with van der Waals surface area (Å²) in [6, 6.07) is 11.8. The predicted octanol–water partition coefficient (Wildman–Crippen LogP) is 1.95. The molecule has 0 spiro atoms. The van der Waals surface area contributed by atoms with Crippen LogP contribution in [-0.4, -0.2) is 58.8 Å². The van der Waals surface area contributed by atoms with Crippen molar-refractivity contribution in [1.82, 2.24) is 15.0 Å². The largest absolute Gasteiger partial charge is 0.393 e. The van der Waals surface area contributed by atoms with Crippen LogP contribution in [0.3, 0.4) is 0 Å². The highest BCUT2D eigenvalue weighted by atomic mass is 16.5. The Morgan fingerprint density at radius 2 is 2.04 bits per heavy atom. The molecule has 1 amide bonds. The maximum atomic E-state index is 12.5. The second kappa shape index (κ2) is 8.27. The molecule has 0 atom stereocenters. The Labute approximate surface area is 148 Å². The average molecular weight is 343 g/mol. The van der Waals surface area contributed by atoms with Gasteiger partial charge in [0.05, 0.1) is 12.6 Å². The number of carbonyl (C=O) groups is 1. The first-order valence-electron chi connectivity index (χ1n) is 8.77. The van der Waals surface area contributed by atoms with Crippen LogP contribution < -0.4 is 0 Å². The number of hydrogen-bond donors (Lipinski definition) is 1. The number of likely N-dealkylation sites (tertiary alicyclic amines) is 1. The highest BCUT2D eigenvalue weighted by Gasteiger charge is 2.21. The van der Waals surface area contributed by atoms with Gasteiger partial charge in [-0.25, -0.2) is 0 Å². The average Bonchev–Trinajstić information content (AvgIpc) is 3.10. The van der Waals surface area contributed by atoms with Gasteiger partial charge in [0.25, 0.3) is 5.91 Å². The van der Waals surface area contributed by atoms with Crippen molar-refractivity contribution in [2.75, 3.05) is 26.7 Å². The zero-order valence-corrected chi connectivity index (χ0v) is 14.6. The van der Waals surface area contributed by atoms with Gasteiger partial charge in [-0.3, -0.25) is 9.69 Å². The van der Waals surface area contributed by atoms with Crippen molar-refractivity contribution in [2.24, 2.45) is 0 Å². The third kappa shape index (κ3) is 4.90. The third-order valence-electron chi connectivity index (χ3n) is 4.64. The number of amides is 1. The van der Waals surface area contributed by atoms with Gasteiger partial charge in [0, 0.05) is 32.7 Å². The van der Waals surface area contributed by atoms with Crippen LogP contribution in [0.2, 0.25) is 0 Å². The molecule has 6 heteroatoms. The Balaban J connectivity index is 1.51. The molecule has 0 radical (unpaired) electrons. The van der Waals surface area contributed by atoms with Crippen LogP contribution in [-0.2, 0) is 13.0 Å². The summed E-state index contributed by atoms with van der Waals surface area (Å²) < 4.78 is 5.33. The minimum absolute atomic E-state index is 0.125. The van der Waals surface area contributed by atoms with Gasteiger partial charge in [-0.1, -0.05) is 35.5 Å². The van der Waals surface area contributed by atoms with E-state index >= 15 is 0 Å². The molecule has 1 saturated heterocycles. The summed E-state index contributed by atoms with van der Waals surface area (Å²) in [5, 5.41) is 13.5. The first kappa shape index (κ1) is 17.6. The molecule has 25 heavy (non-hydrogen) atoms. The number of carbonyl (C=O) groups excluding carboxylic acids is 1. The van der Waals surface area contributed by atoms with Crippen LogP contribution in [0.25, 0.3) is 0 Å². The van der Waals surface area contributed by atoms with Gasteiger partial charge in [-0.2, -0.15) is 0 Å². The predicted molar refractivity (Wildman–Crippen MR) is 94.1 cm³/mol. The first-order valence-corrected chi connectivity index (χ1v) is 8.77. The molecule has 0 unspecified atom stereocenters. The van der Waals surface area contributed by atoms with Gasteiger partial charge in [-0.15, -0.1) is 0 Å². The quantitative estimate of drug-likeness (QED) is 0.868. The lowest BCUT2D eigenvalue weighted by atomic mass is 10.1. The van der Waals surface area contributed by atoms with Crippen LogP contribution in [0.5, 0.6) is 0 Å². The first-order chi connectivity index (χ1) is 12.1. The second-order valence-electron chi connectivity index (χ2n) is 6.65. The van der Waals surface area contributed by atoms with Gasteiger partial charge in [-0.05, 0) is 24.8 Å². The van der Waals surface area contributed by atoms with E-state index in [9.17, 15) is 9.90 Å². The highest BCUT2D eigenvalue weighted by Crippen LogP contribution is 2.15. The molecule has 0 aliphatic carbocycles. The van der Waals surface area contributed by atoms with Crippen molar-refractivity contribution in [3.05, 3.63) is 53.4 Å². The lowest BCUT2D eigenvalue weighted by Crippen LogP contribution is -2.35. The Morgan fingerprint density at radius 1 is 1.32 bits per heavy atom. The number of nitrogens with zero attached hydrogens (tertiary/aromatic N) is 3. The molecule has 2 heterocycles. The third-order valence-corrected chi connectivity index (χ3v) is 4.64. The molecule has 1 aliphatic rings. The van der Waals surface area contributed by atoms with Gasteiger partial charge >= 0.3 is 0 Å². The zero-order valence-electron chi connectivity index (χ0n) is 14.6. The summed E-state index contributed by atoms with van der Waals surface area (Å²) in [7, 11) is 1.78. The minimum atomic E-state index is -0.193. The van der Waals surface area contributed by atoms with Crippen molar-refractivity contribution < 1.29 is 14.4 Å². The summed E-state index contributed by atoms with van der Waals surface area (Å²) in [6.45, 7) is 2.93. The van der Waals surface area contributed by atoms with E-state index in [1.165, 1.54) is 5.56 Å². The van der Waals surface area contributed by atoms with E-state index in [1.54, 1.807) is 18.0 Å². The van der Waals surface area contributed by atoms with Crippen molar-refractivity contribution >= 4 is 5.91 Å². The van der Waals surface area contributed by atoms with Crippen LogP contribution in [0.4, 0.5) is 0 Å². The molecule has 2 aromatic rings. The maximum Gasteiger partial charge on any atom is 0.275 e. The summed E-state index contributed by atoms with van der Waals surface area (Å²) in [6.07, 6.45) is 2.18. The van der Waals surface area contributed by atoms with Gasteiger partial charge < -0.3 is 14.5 Å². The Hall–Kier alpha value is -2.18. The number of aliphatic hydroxyl groups excluding tert-OH is 1. The molecule has 0 bridgehead atoms. The van der Waals surface area contributed by atoms with E-state index in [0.29, 0.717) is 24.5 Å². The van der Waals surface area contributed by atoms with Crippen LogP contribution in [0.1, 0.15) is 34.7 Å². The molecule has 1 fully saturated rings. The zero-order chi connectivity index (χ0) is 17.6. The van der Waals surface area contributed by atoms with Gasteiger partial charge in [0.15, 0.2) is 11.5 Å². The van der Waals surface area contributed by atoms with Crippen molar-refractivity contribution in [3.63, 3.8) is 0 Å². The smallest absolute Gasteiger partial charge is 0.275 e. The van der Waals surface area contributed by atoms with E-state index in [1.807, 2.05) is 18.2 Å². The summed E-state index contributed by atoms with van der Waals surface area (Å²) in [5.41, 5.74) is 1.55. The normalized spacial score (nSPS) is 16.1. The molecule has 1 N–H and O–H groups in total. The number of aromatic nitrogens is 1. The monoisotopic (exact) mass is 343 g/mol. The molecule has 1 aromatic heterocycles. The lowest BCUT2D eigenvalue weighted by molar-refractivity contribution is 0.0744. The Bertz CT molecular complexity index is 678. The fourth-order valence-corrected chi connectivity index (χ4v) is 3.02. The van der Waals surface area contributed by atoms with Crippen molar-refractivity contribution in [3.8, 4) is 0 Å². The number of likely N-dealkylation sites (N-methyl/N-ethyl adjacent to an activating group) is 1.